The molecule has 0 aromatic carbocycles. The van der Waals surface area contributed by atoms with Gasteiger partial charge in [-0.1, -0.05) is 314 Å². The van der Waals surface area contributed by atoms with Crippen molar-refractivity contribution in [2.45, 2.75) is 386 Å². The quantitative estimate of drug-likeness (QED) is 0.0320. The summed E-state index contributed by atoms with van der Waals surface area (Å²) in [5.74, 6) is -0.0280. The maximum absolute atomic E-state index is 12.5. The van der Waals surface area contributed by atoms with Gasteiger partial charge in [0, 0.05) is 12.8 Å². The highest BCUT2D eigenvalue weighted by molar-refractivity contribution is 5.76. The zero-order valence-electron chi connectivity index (χ0n) is 51.3. The second-order valence-electron chi connectivity index (χ2n) is 23.5. The first-order valence-electron chi connectivity index (χ1n) is 34.2. The van der Waals surface area contributed by atoms with Gasteiger partial charge in [-0.05, 0) is 83.5 Å². The lowest BCUT2D eigenvalue weighted by molar-refractivity contribution is -0.143. The highest BCUT2D eigenvalue weighted by Crippen LogP contribution is 2.18. The Bertz CT molecular complexity index is 1230. The molecule has 0 radical (unpaired) electrons. The Balaban J connectivity index is 3.39. The number of aliphatic hydroxyl groups is 2. The molecule has 0 bridgehead atoms. The second-order valence-corrected chi connectivity index (χ2v) is 23.5. The van der Waals surface area contributed by atoms with Crippen molar-refractivity contribution in [1.82, 2.24) is 5.32 Å². The number of aliphatic hydroxyl groups excluding tert-OH is 2. The molecule has 1 amide bonds. The van der Waals surface area contributed by atoms with Gasteiger partial charge in [-0.25, -0.2) is 0 Å². The van der Waals surface area contributed by atoms with Crippen LogP contribution in [-0.4, -0.2) is 47.4 Å². The van der Waals surface area contributed by atoms with Crippen molar-refractivity contribution >= 4 is 11.9 Å². The third-order valence-electron chi connectivity index (χ3n) is 15.9. The molecule has 448 valence electrons. The summed E-state index contributed by atoms with van der Waals surface area (Å²) in [6, 6.07) is -0.541. The highest BCUT2D eigenvalue weighted by atomic mass is 16.5. The van der Waals surface area contributed by atoms with Gasteiger partial charge in [-0.3, -0.25) is 9.59 Å². The number of amides is 1. The van der Waals surface area contributed by atoms with Gasteiger partial charge in [0.25, 0.3) is 0 Å². The van der Waals surface area contributed by atoms with Crippen LogP contribution in [0, 0.1) is 0 Å². The van der Waals surface area contributed by atoms with Crippen molar-refractivity contribution < 1.29 is 24.5 Å². The zero-order valence-corrected chi connectivity index (χ0v) is 51.3. The van der Waals surface area contributed by atoms with Crippen molar-refractivity contribution in [3.05, 3.63) is 36.5 Å². The first kappa shape index (κ1) is 74.1. The molecule has 2 atom stereocenters. The molecule has 0 fully saturated rings. The van der Waals surface area contributed by atoms with Gasteiger partial charge >= 0.3 is 5.97 Å². The van der Waals surface area contributed by atoms with Crippen LogP contribution in [0.5, 0.6) is 0 Å². The van der Waals surface area contributed by atoms with Gasteiger partial charge in [0.05, 0.1) is 25.4 Å². The van der Waals surface area contributed by atoms with Gasteiger partial charge in [-0.2, -0.15) is 0 Å². The number of ether oxygens (including phenoxy) is 1. The summed E-state index contributed by atoms with van der Waals surface area (Å²) in [6.07, 6.45) is 83.3. The largest absolute Gasteiger partial charge is 0.466 e. The van der Waals surface area contributed by atoms with Gasteiger partial charge in [-0.15, -0.1) is 0 Å². The van der Waals surface area contributed by atoms with Crippen molar-refractivity contribution in [1.29, 1.82) is 0 Å². The predicted octanol–water partition coefficient (Wildman–Crippen LogP) is 21.9. The molecule has 0 saturated heterocycles. The van der Waals surface area contributed by atoms with E-state index in [0.29, 0.717) is 25.9 Å². The average Bonchev–Trinajstić information content (AvgIpc) is 3.42. The molecule has 0 heterocycles. The normalized spacial score (nSPS) is 12.7. The van der Waals surface area contributed by atoms with Crippen molar-refractivity contribution in [3.8, 4) is 0 Å². The predicted molar refractivity (Wildman–Crippen MR) is 333 cm³/mol. The summed E-state index contributed by atoms with van der Waals surface area (Å²) in [5.41, 5.74) is 0. The fourth-order valence-electron chi connectivity index (χ4n) is 10.7. The maximum Gasteiger partial charge on any atom is 0.305 e. The lowest BCUT2D eigenvalue weighted by Gasteiger charge is -2.22. The highest BCUT2D eigenvalue weighted by Gasteiger charge is 2.20. The van der Waals surface area contributed by atoms with Crippen LogP contribution in [0.2, 0.25) is 0 Å². The third kappa shape index (κ3) is 61.3. The summed E-state index contributed by atoms with van der Waals surface area (Å²) in [5, 5.41) is 23.3. The van der Waals surface area contributed by atoms with Crippen LogP contribution in [0.25, 0.3) is 0 Å². The Morgan fingerprint density at radius 1 is 0.368 bits per heavy atom. The van der Waals surface area contributed by atoms with Crippen LogP contribution in [0.15, 0.2) is 36.5 Å². The number of nitrogens with one attached hydrogen (secondary N) is 1. The van der Waals surface area contributed by atoms with E-state index in [2.05, 4.69) is 55.6 Å². The van der Waals surface area contributed by atoms with Crippen LogP contribution < -0.4 is 5.32 Å². The number of carbonyl (C=O) groups is 2. The number of hydrogen-bond acceptors (Lipinski definition) is 5. The number of esters is 1. The number of unbranched alkanes of at least 4 members (excludes halogenated alkanes) is 47. The molecular weight excluding hydrogens is 935 g/mol. The van der Waals surface area contributed by atoms with Crippen LogP contribution in [-0.2, 0) is 14.3 Å². The average molecular weight is 1070 g/mol. The Morgan fingerprint density at radius 3 is 1.03 bits per heavy atom. The Labute approximate surface area is 474 Å². The summed E-state index contributed by atoms with van der Waals surface area (Å²) in [4.78, 5) is 24.5. The van der Waals surface area contributed by atoms with Crippen molar-refractivity contribution in [3.63, 3.8) is 0 Å². The third-order valence-corrected chi connectivity index (χ3v) is 15.9. The molecule has 0 aliphatic carbocycles. The van der Waals surface area contributed by atoms with E-state index < -0.39 is 12.1 Å². The molecule has 0 aromatic rings. The van der Waals surface area contributed by atoms with E-state index in [4.69, 9.17) is 4.74 Å². The SMILES string of the molecule is CCCCCC/C=C\CCCCCCCC(=O)OCCCCCCCCCCC/C=C\C/C=C\CCCCCCCCCCCCCCCCCC(=O)NC(CO)C(O)CCCCCCCCCCCCCCCCC. The summed E-state index contributed by atoms with van der Waals surface area (Å²) in [6.45, 7) is 4.95. The van der Waals surface area contributed by atoms with Gasteiger partial charge in [0.15, 0.2) is 0 Å². The van der Waals surface area contributed by atoms with E-state index in [1.54, 1.807) is 0 Å². The molecule has 0 aliphatic heterocycles. The number of allylic oxidation sites excluding steroid dienone is 6. The van der Waals surface area contributed by atoms with E-state index in [-0.39, 0.29) is 18.5 Å². The Kier molecular flexibility index (Phi) is 63.9. The monoisotopic (exact) mass is 1070 g/mol. The first-order valence-corrected chi connectivity index (χ1v) is 34.2. The van der Waals surface area contributed by atoms with Crippen LogP contribution in [0.4, 0.5) is 0 Å². The smallest absolute Gasteiger partial charge is 0.305 e. The van der Waals surface area contributed by atoms with Crippen LogP contribution in [0.3, 0.4) is 0 Å². The standard InChI is InChI=1S/C70H133NO5/c1-3-5-7-9-11-13-15-17-35-39-42-46-50-54-58-62-68(73)67(66-72)71-69(74)63-59-55-51-47-43-40-36-33-31-29-27-25-23-21-19-18-20-22-24-26-28-30-32-34-37-41-45-49-53-57-61-65-76-70(75)64-60-56-52-48-44-38-16-14-12-10-8-6-4-2/h14,16,20,22,26,28,67-68,72-73H,3-13,15,17-19,21,23-25,27,29-66H2,1-2H3,(H,71,74)/b16-14-,22-20-,28-26-. The van der Waals surface area contributed by atoms with Gasteiger partial charge < -0.3 is 20.3 Å². The summed E-state index contributed by atoms with van der Waals surface area (Å²) < 4.78 is 5.47. The van der Waals surface area contributed by atoms with Crippen molar-refractivity contribution in [2.24, 2.45) is 0 Å². The fraction of sp³-hybridized carbons (Fsp3) is 0.886. The molecule has 6 heteroatoms. The lowest BCUT2D eigenvalue weighted by atomic mass is 10.0. The molecular formula is C70H133NO5. The molecule has 2 unspecified atom stereocenters. The number of hydrogen-bond donors (Lipinski definition) is 3. The van der Waals surface area contributed by atoms with Gasteiger partial charge in [0.2, 0.25) is 5.91 Å². The number of carbonyl (C=O) groups excluding carboxylic acids is 2. The van der Waals surface area contributed by atoms with Gasteiger partial charge in [0.1, 0.15) is 0 Å². The molecule has 76 heavy (non-hydrogen) atoms. The topological polar surface area (TPSA) is 95.9 Å². The Morgan fingerprint density at radius 2 is 0.658 bits per heavy atom. The molecule has 0 rings (SSSR count). The molecule has 0 aliphatic rings. The minimum absolute atomic E-state index is 0.00409. The van der Waals surface area contributed by atoms with E-state index >= 15 is 0 Å². The lowest BCUT2D eigenvalue weighted by Crippen LogP contribution is -2.45. The van der Waals surface area contributed by atoms with E-state index in [1.807, 2.05) is 0 Å². The molecule has 6 nitrogen and oxygen atoms in total. The minimum atomic E-state index is -0.664. The first-order chi connectivity index (χ1) is 37.5. The molecule has 0 saturated carbocycles. The zero-order chi connectivity index (χ0) is 55.0. The summed E-state index contributed by atoms with van der Waals surface area (Å²) in [7, 11) is 0. The second kappa shape index (κ2) is 65.6. The fourth-order valence-corrected chi connectivity index (χ4v) is 10.7. The van der Waals surface area contributed by atoms with E-state index in [0.717, 1.165) is 51.4 Å². The maximum atomic E-state index is 12.5. The van der Waals surface area contributed by atoms with Crippen LogP contribution >= 0.6 is 0 Å². The van der Waals surface area contributed by atoms with Crippen LogP contribution in [0.1, 0.15) is 373 Å². The molecule has 0 spiro atoms. The van der Waals surface area contributed by atoms with E-state index in [9.17, 15) is 19.8 Å². The molecule has 0 aromatic heterocycles. The molecule has 3 N–H and O–H groups in total. The summed E-state index contributed by atoms with van der Waals surface area (Å²) >= 11 is 0. The minimum Gasteiger partial charge on any atom is -0.466 e. The Hall–Kier alpha value is -1.92. The number of rotatable bonds is 64. The van der Waals surface area contributed by atoms with E-state index in [1.165, 1.54) is 289 Å². The van der Waals surface area contributed by atoms with Crippen molar-refractivity contribution in [2.75, 3.05) is 13.2 Å².